The van der Waals surface area contributed by atoms with E-state index in [0.717, 1.165) is 42.7 Å². The number of hydrogen-bond donors (Lipinski definition) is 2. The largest absolute Gasteiger partial charge is 0.385 e. The van der Waals surface area contributed by atoms with E-state index in [1.165, 1.54) is 16.5 Å². The molecule has 2 N–H and O–H groups in total. The quantitative estimate of drug-likeness (QED) is 0.681. The van der Waals surface area contributed by atoms with Crippen molar-refractivity contribution in [2.24, 2.45) is 0 Å². The van der Waals surface area contributed by atoms with Gasteiger partial charge in [-0.1, -0.05) is 18.2 Å². The Bertz CT molecular complexity index is 760. The average Bonchev–Trinajstić information content (AvgIpc) is 3.03. The van der Waals surface area contributed by atoms with Crippen LogP contribution in [0.4, 0.5) is 9.39 Å². The Morgan fingerprint density at radius 2 is 2.08 bits per heavy atom. The van der Waals surface area contributed by atoms with Crippen LogP contribution >= 0.6 is 11.3 Å². The molecule has 0 radical (unpaired) electrons. The number of fused-ring (bicyclic) bond motifs is 1. The highest BCUT2D eigenvalue weighted by atomic mass is 32.1. The second-order valence-corrected chi connectivity index (χ2v) is 7.57. The van der Waals surface area contributed by atoms with Crippen molar-refractivity contribution in [1.82, 2.24) is 5.32 Å². The summed E-state index contributed by atoms with van der Waals surface area (Å²) in [6.07, 6.45) is 5.02. The van der Waals surface area contributed by atoms with Crippen molar-refractivity contribution in [3.8, 4) is 0 Å². The molecule has 0 saturated carbocycles. The van der Waals surface area contributed by atoms with Gasteiger partial charge in [-0.15, -0.1) is 11.3 Å². The number of anilines is 1. The molecule has 0 aliphatic heterocycles. The molecule has 3 rings (SSSR count). The Labute approximate surface area is 157 Å². The third-order valence-corrected chi connectivity index (χ3v) is 5.86. The Hall–Kier alpha value is -1.92. The molecule has 6 heteroatoms. The van der Waals surface area contributed by atoms with Gasteiger partial charge in [0.1, 0.15) is 10.8 Å². The number of halogens is 1. The Morgan fingerprint density at radius 3 is 2.88 bits per heavy atom. The molecule has 1 aromatic carbocycles. The molecule has 4 nitrogen and oxygen atoms in total. The summed E-state index contributed by atoms with van der Waals surface area (Å²) in [7, 11) is 1.65. The standard InChI is InChI=1S/C20H25FN2O2S/c1-25-12-6-11-22-19(24)18-15-8-3-5-10-17(15)26-20(18)23-13-14-7-2-4-9-16(14)21/h2,4,7,9,23H,3,5-6,8,10-13H2,1H3,(H,22,24). The van der Waals surface area contributed by atoms with E-state index in [4.69, 9.17) is 4.74 Å². The molecule has 0 atom stereocenters. The molecule has 0 fully saturated rings. The van der Waals surface area contributed by atoms with Crippen LogP contribution in [0.2, 0.25) is 0 Å². The minimum atomic E-state index is -0.230. The molecule has 0 unspecified atom stereocenters. The van der Waals surface area contributed by atoms with Crippen LogP contribution in [0.1, 0.15) is 45.6 Å². The van der Waals surface area contributed by atoms with Crippen molar-refractivity contribution in [3.05, 3.63) is 51.7 Å². The predicted molar refractivity (Wildman–Crippen MR) is 104 cm³/mol. The number of methoxy groups -OCH3 is 1. The zero-order valence-electron chi connectivity index (χ0n) is 15.1. The lowest BCUT2D eigenvalue weighted by atomic mass is 9.95. The first-order valence-electron chi connectivity index (χ1n) is 9.09. The maximum absolute atomic E-state index is 13.9. The third-order valence-electron chi connectivity index (χ3n) is 4.61. The predicted octanol–water partition coefficient (Wildman–Crippen LogP) is 4.14. The van der Waals surface area contributed by atoms with Crippen molar-refractivity contribution in [2.45, 2.75) is 38.6 Å². The van der Waals surface area contributed by atoms with Crippen LogP contribution < -0.4 is 10.6 Å². The van der Waals surface area contributed by atoms with Gasteiger partial charge in [0.05, 0.1) is 5.56 Å². The highest BCUT2D eigenvalue weighted by Gasteiger charge is 2.25. The van der Waals surface area contributed by atoms with E-state index in [-0.39, 0.29) is 11.7 Å². The molecule has 1 aliphatic carbocycles. The summed E-state index contributed by atoms with van der Waals surface area (Å²) in [5.41, 5.74) is 2.52. The van der Waals surface area contributed by atoms with Crippen molar-refractivity contribution in [2.75, 3.05) is 25.6 Å². The normalized spacial score (nSPS) is 13.3. The zero-order valence-corrected chi connectivity index (χ0v) is 15.9. The number of hydrogen-bond acceptors (Lipinski definition) is 4. The van der Waals surface area contributed by atoms with E-state index in [1.807, 2.05) is 6.07 Å². The molecule has 2 aromatic rings. The maximum Gasteiger partial charge on any atom is 0.254 e. The monoisotopic (exact) mass is 376 g/mol. The summed E-state index contributed by atoms with van der Waals surface area (Å²) in [5, 5.41) is 7.15. The molecular formula is C20H25FN2O2S. The minimum absolute atomic E-state index is 0.0449. The molecule has 1 aromatic heterocycles. The topological polar surface area (TPSA) is 50.4 Å². The number of carbonyl (C=O) groups is 1. The number of ether oxygens (including phenoxy) is 1. The highest BCUT2D eigenvalue weighted by Crippen LogP contribution is 2.38. The van der Waals surface area contributed by atoms with Gasteiger partial charge >= 0.3 is 0 Å². The fourth-order valence-electron chi connectivity index (χ4n) is 3.25. The first kappa shape index (κ1) is 18.9. The summed E-state index contributed by atoms with van der Waals surface area (Å²) in [5.74, 6) is -0.275. The lowest BCUT2D eigenvalue weighted by Gasteiger charge is -2.13. The number of thiophene rings is 1. The van der Waals surface area contributed by atoms with E-state index in [2.05, 4.69) is 10.6 Å². The number of benzene rings is 1. The fourth-order valence-corrected chi connectivity index (χ4v) is 4.54. The second kappa shape index (κ2) is 9.14. The Kier molecular flexibility index (Phi) is 6.63. The van der Waals surface area contributed by atoms with Gasteiger partial charge in [-0.05, 0) is 43.7 Å². The molecule has 140 valence electrons. The number of rotatable bonds is 8. The smallest absolute Gasteiger partial charge is 0.254 e. The van der Waals surface area contributed by atoms with Crippen LogP contribution in [-0.4, -0.2) is 26.2 Å². The van der Waals surface area contributed by atoms with E-state index in [0.29, 0.717) is 25.3 Å². The maximum atomic E-state index is 13.9. The number of nitrogens with one attached hydrogen (secondary N) is 2. The Morgan fingerprint density at radius 1 is 1.27 bits per heavy atom. The van der Waals surface area contributed by atoms with Crippen LogP contribution in [0.3, 0.4) is 0 Å². The van der Waals surface area contributed by atoms with Gasteiger partial charge in [-0.2, -0.15) is 0 Å². The Balaban J connectivity index is 1.76. The summed E-state index contributed by atoms with van der Waals surface area (Å²) in [4.78, 5) is 14.1. The van der Waals surface area contributed by atoms with E-state index >= 15 is 0 Å². The number of aryl methyl sites for hydroxylation is 1. The van der Waals surface area contributed by atoms with Crippen molar-refractivity contribution >= 4 is 22.2 Å². The van der Waals surface area contributed by atoms with Gasteiger partial charge in [0.2, 0.25) is 0 Å². The van der Waals surface area contributed by atoms with Gasteiger partial charge < -0.3 is 15.4 Å². The van der Waals surface area contributed by atoms with Gasteiger partial charge in [0.15, 0.2) is 0 Å². The molecule has 0 saturated heterocycles. The second-order valence-electron chi connectivity index (χ2n) is 6.46. The van der Waals surface area contributed by atoms with Crippen LogP contribution in [0.5, 0.6) is 0 Å². The molecule has 0 spiro atoms. The molecular weight excluding hydrogens is 351 g/mol. The lowest BCUT2D eigenvalue weighted by Crippen LogP contribution is -2.27. The number of carbonyl (C=O) groups excluding carboxylic acids is 1. The first-order valence-corrected chi connectivity index (χ1v) is 9.91. The first-order chi connectivity index (χ1) is 12.7. The molecule has 26 heavy (non-hydrogen) atoms. The molecule has 1 amide bonds. The minimum Gasteiger partial charge on any atom is -0.385 e. The summed E-state index contributed by atoms with van der Waals surface area (Å²) < 4.78 is 18.9. The van der Waals surface area contributed by atoms with Crippen LogP contribution in [0.15, 0.2) is 24.3 Å². The highest BCUT2D eigenvalue weighted by molar-refractivity contribution is 7.16. The zero-order chi connectivity index (χ0) is 18.4. The van der Waals surface area contributed by atoms with Crippen molar-refractivity contribution in [3.63, 3.8) is 0 Å². The SMILES string of the molecule is COCCCNC(=O)c1c(NCc2ccccc2F)sc2c1CCCC2. The molecule has 1 heterocycles. The van der Waals surface area contributed by atoms with E-state index < -0.39 is 0 Å². The molecule has 1 aliphatic rings. The molecule has 0 bridgehead atoms. The van der Waals surface area contributed by atoms with Gasteiger partial charge in [-0.25, -0.2) is 4.39 Å². The third kappa shape index (κ3) is 4.43. The van der Waals surface area contributed by atoms with Crippen LogP contribution in [-0.2, 0) is 24.1 Å². The van der Waals surface area contributed by atoms with Gasteiger partial charge in [0.25, 0.3) is 5.91 Å². The van der Waals surface area contributed by atoms with E-state index in [1.54, 1.807) is 30.6 Å². The van der Waals surface area contributed by atoms with Crippen molar-refractivity contribution < 1.29 is 13.9 Å². The van der Waals surface area contributed by atoms with Crippen molar-refractivity contribution in [1.29, 1.82) is 0 Å². The van der Waals surface area contributed by atoms with Crippen LogP contribution in [0, 0.1) is 5.82 Å². The van der Waals surface area contributed by atoms with Gasteiger partial charge in [-0.3, -0.25) is 4.79 Å². The van der Waals surface area contributed by atoms with E-state index in [9.17, 15) is 9.18 Å². The lowest BCUT2D eigenvalue weighted by molar-refractivity contribution is 0.0948. The van der Waals surface area contributed by atoms with Gasteiger partial charge in [0, 0.05) is 37.2 Å². The fraction of sp³-hybridized carbons (Fsp3) is 0.450. The average molecular weight is 376 g/mol. The number of amides is 1. The summed E-state index contributed by atoms with van der Waals surface area (Å²) in [6, 6.07) is 6.73. The summed E-state index contributed by atoms with van der Waals surface area (Å²) in [6.45, 7) is 1.58. The summed E-state index contributed by atoms with van der Waals surface area (Å²) >= 11 is 1.64. The van der Waals surface area contributed by atoms with Crippen LogP contribution in [0.25, 0.3) is 0 Å².